The lowest BCUT2D eigenvalue weighted by Gasteiger charge is -2.20. The number of nitrogens with one attached hydrogen (secondary N) is 2. The Morgan fingerprint density at radius 3 is 3.05 bits per heavy atom. The number of thiophene rings is 1. The quantitative estimate of drug-likeness (QED) is 0.900. The fraction of sp³-hybridized carbons (Fsp3) is 0.429. The summed E-state index contributed by atoms with van der Waals surface area (Å²) >= 11 is 4.84. The Balaban J connectivity index is 1.39. The van der Waals surface area contributed by atoms with Gasteiger partial charge in [-0.2, -0.15) is 0 Å². The van der Waals surface area contributed by atoms with Crippen molar-refractivity contribution in [2.24, 2.45) is 0 Å². The minimum absolute atomic E-state index is 0.0653. The van der Waals surface area contributed by atoms with E-state index in [9.17, 15) is 4.79 Å². The van der Waals surface area contributed by atoms with Crippen LogP contribution >= 0.6 is 34.4 Å². The number of thiazole rings is 1. The number of carbonyl (C=O) groups excluding carboxylic acids is 1. The maximum atomic E-state index is 12.3. The predicted molar refractivity (Wildman–Crippen MR) is 86.4 cm³/mol. The molecule has 4 nitrogen and oxygen atoms in total. The molecule has 0 spiro atoms. The zero-order valence-corrected chi connectivity index (χ0v) is 13.7. The van der Waals surface area contributed by atoms with Gasteiger partial charge in [-0.1, -0.05) is 11.8 Å². The molecule has 110 valence electrons. The highest BCUT2D eigenvalue weighted by molar-refractivity contribution is 8.02. The molecule has 2 aromatic rings. The predicted octanol–water partition coefficient (Wildman–Crippen LogP) is 2.98. The summed E-state index contributed by atoms with van der Waals surface area (Å²) in [5.41, 5.74) is 1.83. The topological polar surface area (TPSA) is 54.0 Å². The number of carbonyl (C=O) groups is 1. The van der Waals surface area contributed by atoms with Crippen LogP contribution in [0.2, 0.25) is 0 Å². The largest absolute Gasteiger partial charge is 0.347 e. The number of rotatable bonds is 4. The molecule has 4 heterocycles. The van der Waals surface area contributed by atoms with Crippen molar-refractivity contribution in [1.29, 1.82) is 0 Å². The number of amides is 1. The van der Waals surface area contributed by atoms with E-state index in [2.05, 4.69) is 15.6 Å². The van der Waals surface area contributed by atoms with Gasteiger partial charge in [0.1, 0.15) is 0 Å². The molecule has 0 aliphatic carbocycles. The van der Waals surface area contributed by atoms with Gasteiger partial charge in [0.05, 0.1) is 25.0 Å². The molecule has 2 bridgehead atoms. The Hall–Kier alpha value is -0.890. The van der Waals surface area contributed by atoms with Crippen molar-refractivity contribution in [3.8, 4) is 0 Å². The highest BCUT2D eigenvalue weighted by Gasteiger charge is 2.39. The minimum atomic E-state index is 0.0653. The smallest absolute Gasteiger partial charge is 0.261 e. The van der Waals surface area contributed by atoms with Crippen LogP contribution in [0.3, 0.4) is 0 Å². The number of fused-ring (bicyclic) bond motifs is 2. The van der Waals surface area contributed by atoms with Crippen molar-refractivity contribution < 1.29 is 4.79 Å². The van der Waals surface area contributed by atoms with E-state index in [0.29, 0.717) is 18.1 Å². The highest BCUT2D eigenvalue weighted by atomic mass is 32.2. The zero-order chi connectivity index (χ0) is 14.2. The molecule has 2 saturated heterocycles. The van der Waals surface area contributed by atoms with Gasteiger partial charge in [-0.05, 0) is 31.4 Å². The summed E-state index contributed by atoms with van der Waals surface area (Å²) in [4.78, 5) is 17.2. The third-order valence-corrected chi connectivity index (χ3v) is 7.16. The Kier molecular flexibility index (Phi) is 3.74. The Bertz CT molecular complexity index is 640. The molecule has 21 heavy (non-hydrogen) atoms. The second-order valence-corrected chi connectivity index (χ2v) is 8.98. The maximum absolute atomic E-state index is 12.3. The summed E-state index contributed by atoms with van der Waals surface area (Å²) in [7, 11) is 0. The van der Waals surface area contributed by atoms with E-state index >= 15 is 0 Å². The van der Waals surface area contributed by atoms with Crippen LogP contribution < -0.4 is 10.6 Å². The lowest BCUT2D eigenvalue weighted by Crippen LogP contribution is -2.42. The first-order valence-corrected chi connectivity index (χ1v) is 9.52. The van der Waals surface area contributed by atoms with E-state index in [1.165, 1.54) is 12.8 Å². The molecule has 2 aromatic heterocycles. The van der Waals surface area contributed by atoms with E-state index in [0.717, 1.165) is 19.7 Å². The van der Waals surface area contributed by atoms with E-state index in [4.69, 9.17) is 0 Å². The summed E-state index contributed by atoms with van der Waals surface area (Å²) in [6.07, 6.45) is 5.37. The maximum Gasteiger partial charge on any atom is 0.261 e. The van der Waals surface area contributed by atoms with Crippen molar-refractivity contribution in [2.45, 2.75) is 45.8 Å². The molecule has 0 radical (unpaired) electrons. The molecule has 2 aliphatic rings. The van der Waals surface area contributed by atoms with Gasteiger partial charge in [0.2, 0.25) is 0 Å². The normalized spacial score (nSPS) is 27.1. The first kappa shape index (κ1) is 13.8. The zero-order valence-electron chi connectivity index (χ0n) is 11.2. The number of hydrogen-bond donors (Lipinski definition) is 2. The second-order valence-electron chi connectivity index (χ2n) is 5.40. The van der Waals surface area contributed by atoms with Gasteiger partial charge >= 0.3 is 0 Å². The molecule has 0 saturated carbocycles. The Morgan fingerprint density at radius 1 is 1.38 bits per heavy atom. The number of aromatic nitrogens is 1. The van der Waals surface area contributed by atoms with Crippen molar-refractivity contribution in [3.05, 3.63) is 28.7 Å². The van der Waals surface area contributed by atoms with Gasteiger partial charge in [0.25, 0.3) is 5.91 Å². The van der Waals surface area contributed by atoms with Crippen LogP contribution in [0, 0.1) is 0 Å². The van der Waals surface area contributed by atoms with Crippen LogP contribution in [0.25, 0.3) is 0 Å². The molecule has 1 amide bonds. The van der Waals surface area contributed by atoms with Crippen LogP contribution in [0.1, 0.15) is 28.9 Å². The summed E-state index contributed by atoms with van der Waals surface area (Å²) in [6, 6.07) is 5.33. The van der Waals surface area contributed by atoms with Crippen molar-refractivity contribution in [3.63, 3.8) is 0 Å². The summed E-state index contributed by atoms with van der Waals surface area (Å²) < 4.78 is 2.29. The third-order valence-electron chi connectivity index (χ3n) is 4.03. The number of hydrogen-bond acceptors (Lipinski definition) is 6. The average Bonchev–Trinajstić information content (AvgIpc) is 3.24. The monoisotopic (exact) mass is 337 g/mol. The molecular weight excluding hydrogens is 322 g/mol. The lowest BCUT2D eigenvalue weighted by molar-refractivity contribution is 0.0935. The van der Waals surface area contributed by atoms with Gasteiger partial charge in [-0.25, -0.2) is 0 Å². The molecule has 2 aliphatic heterocycles. The SMILES string of the molecule is O=C(NC1CC2CCC1N2)c1ccc(Sc2cncs2)s1. The average molecular weight is 337 g/mol. The first-order chi connectivity index (χ1) is 10.3. The molecule has 2 fully saturated rings. The van der Waals surface area contributed by atoms with E-state index < -0.39 is 0 Å². The summed E-state index contributed by atoms with van der Waals surface area (Å²) in [6.45, 7) is 0. The van der Waals surface area contributed by atoms with Gasteiger partial charge < -0.3 is 10.6 Å². The number of nitrogens with zero attached hydrogens (tertiary/aromatic N) is 1. The fourth-order valence-electron chi connectivity index (χ4n) is 3.07. The highest BCUT2D eigenvalue weighted by Crippen LogP contribution is 2.35. The second kappa shape index (κ2) is 5.72. The summed E-state index contributed by atoms with van der Waals surface area (Å²) in [5, 5.41) is 6.74. The van der Waals surface area contributed by atoms with Crippen LogP contribution in [-0.2, 0) is 0 Å². The fourth-order valence-corrected chi connectivity index (χ4v) is 5.96. The molecule has 4 rings (SSSR count). The minimum Gasteiger partial charge on any atom is -0.347 e. The molecule has 2 N–H and O–H groups in total. The van der Waals surface area contributed by atoms with Gasteiger partial charge in [0.15, 0.2) is 0 Å². The Morgan fingerprint density at radius 2 is 2.33 bits per heavy atom. The van der Waals surface area contributed by atoms with E-state index in [-0.39, 0.29) is 5.91 Å². The third kappa shape index (κ3) is 2.88. The van der Waals surface area contributed by atoms with Crippen molar-refractivity contribution in [1.82, 2.24) is 15.6 Å². The molecule has 3 unspecified atom stereocenters. The lowest BCUT2D eigenvalue weighted by atomic mass is 9.95. The van der Waals surface area contributed by atoms with Gasteiger partial charge in [-0.3, -0.25) is 9.78 Å². The molecule has 3 atom stereocenters. The van der Waals surface area contributed by atoms with Crippen molar-refractivity contribution in [2.75, 3.05) is 0 Å². The Labute approximate surface area is 135 Å². The van der Waals surface area contributed by atoms with Gasteiger partial charge in [-0.15, -0.1) is 22.7 Å². The van der Waals surface area contributed by atoms with Crippen LogP contribution in [0.5, 0.6) is 0 Å². The summed E-state index contributed by atoms with van der Waals surface area (Å²) in [5.74, 6) is 0.0653. The van der Waals surface area contributed by atoms with Crippen LogP contribution in [-0.4, -0.2) is 29.0 Å². The molecule has 0 aromatic carbocycles. The van der Waals surface area contributed by atoms with Gasteiger partial charge in [0, 0.05) is 18.1 Å². The van der Waals surface area contributed by atoms with E-state index in [1.54, 1.807) is 34.4 Å². The molecule has 7 heteroatoms. The van der Waals surface area contributed by atoms with Crippen LogP contribution in [0.15, 0.2) is 32.3 Å². The molecular formula is C14H15N3OS3. The van der Waals surface area contributed by atoms with E-state index in [1.807, 2.05) is 23.8 Å². The first-order valence-electron chi connectivity index (χ1n) is 7.01. The van der Waals surface area contributed by atoms with Crippen LogP contribution in [0.4, 0.5) is 0 Å². The standard InChI is InChI=1S/C14H15N3OS3/c18-14(17-10-5-8-1-2-9(10)16-8)11-3-4-12(20-11)21-13-6-15-7-19-13/h3-4,6-10,16H,1-2,5H2,(H,17,18). The van der Waals surface area contributed by atoms with Crippen molar-refractivity contribution >= 4 is 40.3 Å².